The lowest BCUT2D eigenvalue weighted by Gasteiger charge is -2.41. The number of sulfone groups is 1. The van der Waals surface area contributed by atoms with Gasteiger partial charge in [0.1, 0.15) is 0 Å². The molecule has 0 aromatic rings. The largest absolute Gasteiger partial charge is 0.481 e. The fourth-order valence-electron chi connectivity index (χ4n) is 2.81. The van der Waals surface area contributed by atoms with Crippen LogP contribution in [0.25, 0.3) is 0 Å². The molecule has 3 N–H and O–H groups in total. The maximum Gasteiger partial charge on any atom is 0.305 e. The summed E-state index contributed by atoms with van der Waals surface area (Å²) in [5.41, 5.74) is -0.629. The Balaban J connectivity index is 1.87. The Morgan fingerprint density at radius 3 is 2.55 bits per heavy atom. The molecule has 1 amide bonds. The lowest BCUT2D eigenvalue weighted by Crippen LogP contribution is -2.56. The van der Waals surface area contributed by atoms with Gasteiger partial charge in [-0.25, -0.2) is 8.42 Å². The monoisotopic (exact) mass is 304 g/mol. The van der Waals surface area contributed by atoms with Gasteiger partial charge in [-0.3, -0.25) is 9.59 Å². The molecule has 1 atom stereocenters. The highest BCUT2D eigenvalue weighted by molar-refractivity contribution is 7.91. The fraction of sp³-hybridized carbons (Fsp3) is 0.833. The van der Waals surface area contributed by atoms with Crippen LogP contribution in [-0.4, -0.2) is 55.0 Å². The normalized spacial score (nSPS) is 27.3. The van der Waals surface area contributed by atoms with Crippen LogP contribution in [0.1, 0.15) is 32.1 Å². The van der Waals surface area contributed by atoms with E-state index >= 15 is 0 Å². The van der Waals surface area contributed by atoms with Crippen molar-refractivity contribution in [3.8, 4) is 0 Å². The van der Waals surface area contributed by atoms with E-state index in [0.29, 0.717) is 19.4 Å². The molecule has 1 saturated carbocycles. The Bertz CT molecular complexity index is 498. The van der Waals surface area contributed by atoms with E-state index in [-0.39, 0.29) is 36.3 Å². The van der Waals surface area contributed by atoms with Crippen LogP contribution in [0.4, 0.5) is 0 Å². The number of carbonyl (C=O) groups is 2. The van der Waals surface area contributed by atoms with Gasteiger partial charge in [0.2, 0.25) is 5.91 Å². The summed E-state index contributed by atoms with van der Waals surface area (Å²) < 4.78 is 23.0. The first-order chi connectivity index (χ1) is 9.30. The van der Waals surface area contributed by atoms with E-state index in [1.54, 1.807) is 0 Å². The summed E-state index contributed by atoms with van der Waals surface area (Å²) in [6.07, 6.45) is 2.24. The lowest BCUT2D eigenvalue weighted by molar-refractivity contribution is -0.140. The Morgan fingerprint density at radius 1 is 1.35 bits per heavy atom. The minimum absolute atomic E-state index is 0.0354. The van der Waals surface area contributed by atoms with Gasteiger partial charge >= 0.3 is 5.97 Å². The Kier molecular flexibility index (Phi) is 4.33. The van der Waals surface area contributed by atoms with E-state index in [1.165, 1.54) is 0 Å². The second-order valence-electron chi connectivity index (χ2n) is 5.72. The van der Waals surface area contributed by atoms with Crippen LogP contribution >= 0.6 is 0 Å². The molecule has 2 rings (SSSR count). The molecule has 114 valence electrons. The quantitative estimate of drug-likeness (QED) is 0.618. The summed E-state index contributed by atoms with van der Waals surface area (Å²) in [7, 11) is -3.07. The summed E-state index contributed by atoms with van der Waals surface area (Å²) in [6.45, 7) is 0.362. The van der Waals surface area contributed by atoms with Crippen molar-refractivity contribution < 1.29 is 23.1 Å². The molecule has 7 nitrogen and oxygen atoms in total. The molecule has 1 heterocycles. The van der Waals surface area contributed by atoms with Crippen LogP contribution < -0.4 is 10.6 Å². The van der Waals surface area contributed by atoms with E-state index in [4.69, 9.17) is 5.11 Å². The van der Waals surface area contributed by atoms with Crippen LogP contribution in [0, 0.1) is 0 Å². The number of carboxylic acid groups (broad SMARTS) is 1. The topological polar surface area (TPSA) is 113 Å². The fourth-order valence-corrected chi connectivity index (χ4v) is 4.25. The van der Waals surface area contributed by atoms with Crippen molar-refractivity contribution in [3.63, 3.8) is 0 Å². The van der Waals surface area contributed by atoms with Crippen LogP contribution in [-0.2, 0) is 19.4 Å². The molecule has 1 aliphatic carbocycles. The SMILES string of the molecule is O=C(O)CC1(NC(=O)CC2CS(=O)(=O)CCN2)CCC1. The molecule has 0 aromatic carbocycles. The highest BCUT2D eigenvalue weighted by atomic mass is 32.2. The lowest BCUT2D eigenvalue weighted by atomic mass is 9.74. The maximum atomic E-state index is 12.0. The Labute approximate surface area is 118 Å². The summed E-state index contributed by atoms with van der Waals surface area (Å²) in [6, 6.07) is -0.379. The van der Waals surface area contributed by atoms with E-state index in [0.717, 1.165) is 6.42 Å². The molecule has 1 aliphatic heterocycles. The molecular weight excluding hydrogens is 284 g/mol. The minimum Gasteiger partial charge on any atom is -0.481 e. The van der Waals surface area contributed by atoms with Gasteiger partial charge in [-0.15, -0.1) is 0 Å². The van der Waals surface area contributed by atoms with Gasteiger partial charge in [-0.1, -0.05) is 0 Å². The maximum absolute atomic E-state index is 12.0. The first-order valence-electron chi connectivity index (χ1n) is 6.77. The van der Waals surface area contributed by atoms with Gasteiger partial charge in [0, 0.05) is 19.0 Å². The Morgan fingerprint density at radius 2 is 2.05 bits per heavy atom. The third kappa shape index (κ3) is 3.92. The molecule has 0 spiro atoms. The van der Waals surface area contributed by atoms with E-state index in [2.05, 4.69) is 10.6 Å². The van der Waals surface area contributed by atoms with Crippen LogP contribution in [0.5, 0.6) is 0 Å². The second kappa shape index (κ2) is 5.69. The average Bonchev–Trinajstić information content (AvgIpc) is 2.23. The molecule has 0 radical (unpaired) electrons. The zero-order chi connectivity index (χ0) is 14.8. The van der Waals surface area contributed by atoms with Crippen molar-refractivity contribution in [2.75, 3.05) is 18.1 Å². The van der Waals surface area contributed by atoms with E-state index in [1.807, 2.05) is 0 Å². The number of hydrogen-bond donors (Lipinski definition) is 3. The molecular formula is C12H20N2O5S. The highest BCUT2D eigenvalue weighted by Crippen LogP contribution is 2.35. The molecule has 2 fully saturated rings. The summed E-state index contributed by atoms with van der Waals surface area (Å²) in [4.78, 5) is 22.8. The van der Waals surface area contributed by atoms with Gasteiger partial charge in [0.15, 0.2) is 9.84 Å². The van der Waals surface area contributed by atoms with E-state index < -0.39 is 21.3 Å². The first kappa shape index (κ1) is 15.2. The van der Waals surface area contributed by atoms with Crippen molar-refractivity contribution in [1.82, 2.24) is 10.6 Å². The smallest absolute Gasteiger partial charge is 0.305 e. The van der Waals surface area contributed by atoms with Gasteiger partial charge < -0.3 is 15.7 Å². The molecule has 8 heteroatoms. The predicted molar refractivity (Wildman–Crippen MR) is 72.0 cm³/mol. The number of aliphatic carboxylic acids is 1. The molecule has 20 heavy (non-hydrogen) atoms. The molecule has 0 aromatic heterocycles. The molecule has 1 saturated heterocycles. The molecule has 1 unspecified atom stereocenters. The number of carbonyl (C=O) groups excluding carboxylic acids is 1. The highest BCUT2D eigenvalue weighted by Gasteiger charge is 2.40. The van der Waals surface area contributed by atoms with Gasteiger partial charge in [-0.05, 0) is 19.3 Å². The zero-order valence-electron chi connectivity index (χ0n) is 11.2. The van der Waals surface area contributed by atoms with Crippen LogP contribution in [0.3, 0.4) is 0 Å². The molecule has 0 bridgehead atoms. The number of rotatable bonds is 5. The third-order valence-corrected chi connectivity index (χ3v) is 5.67. The zero-order valence-corrected chi connectivity index (χ0v) is 12.0. The van der Waals surface area contributed by atoms with Crippen molar-refractivity contribution in [1.29, 1.82) is 0 Å². The minimum atomic E-state index is -3.07. The number of hydrogen-bond acceptors (Lipinski definition) is 5. The summed E-state index contributed by atoms with van der Waals surface area (Å²) in [5, 5.41) is 14.7. The van der Waals surface area contributed by atoms with Crippen molar-refractivity contribution in [3.05, 3.63) is 0 Å². The summed E-state index contributed by atoms with van der Waals surface area (Å²) >= 11 is 0. The summed E-state index contributed by atoms with van der Waals surface area (Å²) in [5.74, 6) is -1.13. The van der Waals surface area contributed by atoms with Crippen molar-refractivity contribution in [2.24, 2.45) is 0 Å². The van der Waals surface area contributed by atoms with Gasteiger partial charge in [0.05, 0.1) is 23.5 Å². The third-order valence-electron chi connectivity index (χ3n) is 3.94. The predicted octanol–water partition coefficient (Wildman–Crippen LogP) is -0.723. The second-order valence-corrected chi connectivity index (χ2v) is 7.95. The Hall–Kier alpha value is -1.15. The van der Waals surface area contributed by atoms with Crippen LogP contribution in [0.15, 0.2) is 0 Å². The van der Waals surface area contributed by atoms with Crippen LogP contribution in [0.2, 0.25) is 0 Å². The van der Waals surface area contributed by atoms with Crippen molar-refractivity contribution >= 4 is 21.7 Å². The van der Waals surface area contributed by atoms with Crippen molar-refractivity contribution in [2.45, 2.75) is 43.7 Å². The number of carboxylic acids is 1. The molecule has 2 aliphatic rings. The van der Waals surface area contributed by atoms with E-state index in [9.17, 15) is 18.0 Å². The van der Waals surface area contributed by atoms with Gasteiger partial charge in [-0.2, -0.15) is 0 Å². The standard InChI is InChI=1S/C12H20N2O5S/c15-10(6-9-8-20(18,19)5-4-13-9)14-12(2-1-3-12)7-11(16)17/h9,13H,1-8H2,(H,14,15)(H,16,17). The number of amides is 1. The average molecular weight is 304 g/mol. The van der Waals surface area contributed by atoms with Gasteiger partial charge in [0.25, 0.3) is 0 Å². The first-order valence-corrected chi connectivity index (χ1v) is 8.59. The number of nitrogens with one attached hydrogen (secondary N) is 2.